The van der Waals surface area contributed by atoms with Crippen molar-refractivity contribution in [2.24, 2.45) is 5.41 Å². The van der Waals surface area contributed by atoms with E-state index in [2.05, 4.69) is 22.3 Å². The summed E-state index contributed by atoms with van der Waals surface area (Å²) in [6, 6.07) is 0. The third kappa shape index (κ3) is 2.51. The summed E-state index contributed by atoms with van der Waals surface area (Å²) in [5.41, 5.74) is 0.370. The van der Waals surface area contributed by atoms with E-state index in [-0.39, 0.29) is 16.2 Å². The Bertz CT molecular complexity index is 891. The van der Waals surface area contributed by atoms with E-state index in [1.807, 2.05) is 4.57 Å². The SMILES string of the molecule is CCn1cnnc1C1CN(S(=O)(=O)c2c(C)noc2C)CC12CCCC2. The summed E-state index contributed by atoms with van der Waals surface area (Å²) in [5, 5.41) is 12.3. The summed E-state index contributed by atoms with van der Waals surface area (Å²) in [7, 11) is -3.64. The fraction of sp³-hybridized carbons (Fsp3) is 0.706. The molecule has 2 fully saturated rings. The molecule has 2 aliphatic rings. The van der Waals surface area contributed by atoms with Crippen LogP contribution in [0, 0.1) is 19.3 Å². The van der Waals surface area contributed by atoms with Crippen LogP contribution in [0.3, 0.4) is 0 Å². The molecule has 1 aliphatic heterocycles. The first-order chi connectivity index (χ1) is 12.4. The zero-order valence-corrected chi connectivity index (χ0v) is 16.3. The van der Waals surface area contributed by atoms with Crippen molar-refractivity contribution in [1.29, 1.82) is 0 Å². The van der Waals surface area contributed by atoms with E-state index in [0.29, 0.717) is 24.5 Å². The maximum Gasteiger partial charge on any atom is 0.248 e. The minimum absolute atomic E-state index is 0.0496. The van der Waals surface area contributed by atoms with Crippen molar-refractivity contribution in [3.63, 3.8) is 0 Å². The van der Waals surface area contributed by atoms with E-state index in [1.165, 1.54) is 0 Å². The zero-order valence-electron chi connectivity index (χ0n) is 15.5. The lowest BCUT2D eigenvalue weighted by atomic mass is 9.76. The first kappa shape index (κ1) is 17.7. The Balaban J connectivity index is 1.75. The van der Waals surface area contributed by atoms with Crippen LogP contribution in [-0.2, 0) is 16.6 Å². The van der Waals surface area contributed by atoms with Gasteiger partial charge in [0, 0.05) is 25.6 Å². The molecule has 8 nitrogen and oxygen atoms in total. The van der Waals surface area contributed by atoms with Gasteiger partial charge in [-0.3, -0.25) is 0 Å². The number of hydrogen-bond acceptors (Lipinski definition) is 6. The summed E-state index contributed by atoms with van der Waals surface area (Å²) < 4.78 is 35.4. The van der Waals surface area contributed by atoms with Gasteiger partial charge in [-0.1, -0.05) is 18.0 Å². The van der Waals surface area contributed by atoms with E-state index >= 15 is 0 Å². The smallest absolute Gasteiger partial charge is 0.248 e. The minimum Gasteiger partial charge on any atom is -0.360 e. The highest BCUT2D eigenvalue weighted by Gasteiger charge is 2.53. The highest BCUT2D eigenvalue weighted by molar-refractivity contribution is 7.89. The number of aryl methyl sites for hydroxylation is 3. The van der Waals surface area contributed by atoms with Crippen LogP contribution in [0.5, 0.6) is 0 Å². The molecular weight excluding hydrogens is 354 g/mol. The maximum absolute atomic E-state index is 13.3. The average molecular weight is 379 g/mol. The third-order valence-corrected chi connectivity index (χ3v) is 8.14. The Hall–Kier alpha value is -1.74. The van der Waals surface area contributed by atoms with Crippen LogP contribution in [0.15, 0.2) is 15.7 Å². The number of nitrogens with zero attached hydrogens (tertiary/aromatic N) is 5. The van der Waals surface area contributed by atoms with Crippen molar-refractivity contribution in [2.45, 2.75) is 63.8 Å². The number of sulfonamides is 1. The molecule has 0 amide bonds. The number of rotatable bonds is 4. The predicted molar refractivity (Wildman–Crippen MR) is 94.1 cm³/mol. The van der Waals surface area contributed by atoms with Gasteiger partial charge in [-0.25, -0.2) is 8.42 Å². The first-order valence-electron chi connectivity index (χ1n) is 9.20. The Kier molecular flexibility index (Phi) is 4.18. The van der Waals surface area contributed by atoms with Gasteiger partial charge in [0.15, 0.2) is 5.76 Å². The monoisotopic (exact) mass is 379 g/mol. The molecule has 2 aromatic heterocycles. The van der Waals surface area contributed by atoms with Gasteiger partial charge in [-0.2, -0.15) is 4.31 Å². The van der Waals surface area contributed by atoms with Gasteiger partial charge in [-0.05, 0) is 39.0 Å². The van der Waals surface area contributed by atoms with Gasteiger partial charge in [0.25, 0.3) is 0 Å². The Morgan fingerprint density at radius 2 is 2.04 bits per heavy atom. The van der Waals surface area contributed by atoms with Crippen molar-refractivity contribution in [1.82, 2.24) is 24.2 Å². The summed E-state index contributed by atoms with van der Waals surface area (Å²) >= 11 is 0. The summed E-state index contributed by atoms with van der Waals surface area (Å²) in [6.07, 6.45) is 6.07. The van der Waals surface area contributed by atoms with Gasteiger partial charge < -0.3 is 9.09 Å². The number of hydrogen-bond donors (Lipinski definition) is 0. The molecule has 26 heavy (non-hydrogen) atoms. The molecule has 3 heterocycles. The second-order valence-corrected chi connectivity index (χ2v) is 9.42. The highest BCUT2D eigenvalue weighted by atomic mass is 32.2. The van der Waals surface area contributed by atoms with Gasteiger partial charge in [0.05, 0.1) is 0 Å². The van der Waals surface area contributed by atoms with Gasteiger partial charge >= 0.3 is 0 Å². The molecule has 2 aromatic rings. The average Bonchev–Trinajstić information content (AvgIpc) is 3.36. The maximum atomic E-state index is 13.3. The molecule has 4 rings (SSSR count). The fourth-order valence-electron chi connectivity index (χ4n) is 4.80. The molecular formula is C17H25N5O3S. The van der Waals surface area contributed by atoms with Gasteiger partial charge in [0.1, 0.15) is 22.7 Å². The van der Waals surface area contributed by atoms with Crippen LogP contribution in [-0.4, -0.2) is 45.7 Å². The second kappa shape index (κ2) is 6.16. The third-order valence-electron chi connectivity index (χ3n) is 6.08. The Morgan fingerprint density at radius 1 is 1.31 bits per heavy atom. The summed E-state index contributed by atoms with van der Waals surface area (Å²) in [5.74, 6) is 1.33. The summed E-state index contributed by atoms with van der Waals surface area (Å²) in [4.78, 5) is 0.211. The van der Waals surface area contributed by atoms with Crippen LogP contribution >= 0.6 is 0 Å². The fourth-order valence-corrected chi connectivity index (χ4v) is 6.64. The molecule has 1 aliphatic carbocycles. The summed E-state index contributed by atoms with van der Waals surface area (Å²) in [6.45, 7) is 7.13. The standard InChI is InChI=1S/C17H25N5O3S/c1-4-21-11-18-19-16(21)14-9-22(10-17(14)7-5-6-8-17)26(23,24)15-12(2)20-25-13(15)3/h11,14H,4-10H2,1-3H3. The number of aromatic nitrogens is 4. The molecule has 9 heteroatoms. The lowest BCUT2D eigenvalue weighted by Gasteiger charge is -2.29. The molecule has 0 aromatic carbocycles. The molecule has 1 unspecified atom stereocenters. The first-order valence-corrected chi connectivity index (χ1v) is 10.6. The lowest BCUT2D eigenvalue weighted by molar-refractivity contribution is 0.272. The van der Waals surface area contributed by atoms with Crippen molar-refractivity contribution < 1.29 is 12.9 Å². The molecule has 0 bridgehead atoms. The van der Waals surface area contributed by atoms with Crippen molar-refractivity contribution in [2.75, 3.05) is 13.1 Å². The quantitative estimate of drug-likeness (QED) is 0.809. The zero-order chi connectivity index (χ0) is 18.5. The molecule has 1 spiro atoms. The van der Waals surface area contributed by atoms with Crippen LogP contribution in [0.1, 0.15) is 55.8 Å². The Labute approximate surface area is 153 Å². The normalized spacial score (nSPS) is 23.3. The van der Waals surface area contributed by atoms with Gasteiger partial charge in [0.2, 0.25) is 10.0 Å². The van der Waals surface area contributed by atoms with Crippen molar-refractivity contribution in [3.8, 4) is 0 Å². The highest BCUT2D eigenvalue weighted by Crippen LogP contribution is 2.54. The van der Waals surface area contributed by atoms with Crippen LogP contribution in [0.25, 0.3) is 0 Å². The van der Waals surface area contributed by atoms with E-state index in [4.69, 9.17) is 4.52 Å². The molecule has 142 valence electrons. The molecule has 1 atom stereocenters. The van der Waals surface area contributed by atoms with Gasteiger partial charge in [-0.15, -0.1) is 10.2 Å². The van der Waals surface area contributed by atoms with E-state index in [1.54, 1.807) is 24.5 Å². The second-order valence-electron chi connectivity index (χ2n) is 7.55. The van der Waals surface area contributed by atoms with Crippen LogP contribution in [0.4, 0.5) is 0 Å². The minimum atomic E-state index is -3.64. The lowest BCUT2D eigenvalue weighted by Crippen LogP contribution is -2.32. The van der Waals surface area contributed by atoms with E-state index < -0.39 is 10.0 Å². The molecule has 1 saturated heterocycles. The van der Waals surface area contributed by atoms with E-state index in [9.17, 15) is 8.42 Å². The Morgan fingerprint density at radius 3 is 2.65 bits per heavy atom. The predicted octanol–water partition coefficient (Wildman–Crippen LogP) is 2.25. The van der Waals surface area contributed by atoms with Crippen molar-refractivity contribution in [3.05, 3.63) is 23.6 Å². The van der Waals surface area contributed by atoms with Crippen molar-refractivity contribution >= 4 is 10.0 Å². The molecule has 0 radical (unpaired) electrons. The molecule has 1 saturated carbocycles. The van der Waals surface area contributed by atoms with Crippen LogP contribution in [0.2, 0.25) is 0 Å². The largest absolute Gasteiger partial charge is 0.360 e. The topological polar surface area (TPSA) is 94.1 Å². The van der Waals surface area contributed by atoms with E-state index in [0.717, 1.165) is 38.1 Å². The van der Waals surface area contributed by atoms with Crippen LogP contribution < -0.4 is 0 Å². The molecule has 0 N–H and O–H groups in total.